The molecule has 6 heterocycles. The van der Waals surface area contributed by atoms with Gasteiger partial charge in [-0.2, -0.15) is 0 Å². The Morgan fingerprint density at radius 2 is 1.83 bits per heavy atom. The standard InChI is InChI=1S/C26H29F2N7O/c1-26(27,28)18-12-16(13-31-25(18)29)19-4-5-20-23(33-19)24-21(14-30-20)32-22(15-34-8-2-3-9-34)35(24)17-6-10-36-11-7-17/h4-5,12-14,17H,2-3,6-11,15H2,1H3,(H2,29,31). The van der Waals surface area contributed by atoms with Crippen molar-refractivity contribution >= 4 is 27.9 Å². The number of ether oxygens (including phenoxy) is 1. The molecule has 0 aliphatic carbocycles. The van der Waals surface area contributed by atoms with Gasteiger partial charge in [-0.1, -0.05) is 0 Å². The Balaban J connectivity index is 1.53. The minimum Gasteiger partial charge on any atom is -0.383 e. The van der Waals surface area contributed by atoms with Crippen LogP contribution in [0.5, 0.6) is 0 Å². The molecule has 2 aliphatic rings. The Labute approximate surface area is 207 Å². The van der Waals surface area contributed by atoms with Gasteiger partial charge in [0, 0.05) is 37.9 Å². The number of hydrogen-bond acceptors (Lipinski definition) is 7. The second-order valence-corrected chi connectivity index (χ2v) is 9.83. The van der Waals surface area contributed by atoms with E-state index in [2.05, 4.69) is 19.4 Å². The molecule has 0 saturated carbocycles. The molecule has 0 atom stereocenters. The van der Waals surface area contributed by atoms with E-state index in [1.54, 1.807) is 6.07 Å². The van der Waals surface area contributed by atoms with E-state index in [9.17, 15) is 8.78 Å². The first-order valence-electron chi connectivity index (χ1n) is 12.5. The largest absolute Gasteiger partial charge is 0.383 e. The number of hydrogen-bond donors (Lipinski definition) is 1. The van der Waals surface area contributed by atoms with Gasteiger partial charge in [-0.05, 0) is 57.0 Å². The zero-order chi connectivity index (χ0) is 24.9. The first kappa shape index (κ1) is 23.2. The van der Waals surface area contributed by atoms with Crippen LogP contribution in [0.4, 0.5) is 14.6 Å². The van der Waals surface area contributed by atoms with Crippen LogP contribution >= 0.6 is 0 Å². The fourth-order valence-corrected chi connectivity index (χ4v) is 5.40. The van der Waals surface area contributed by atoms with Crippen LogP contribution in [0.2, 0.25) is 0 Å². The molecule has 0 bridgehead atoms. The van der Waals surface area contributed by atoms with Gasteiger partial charge in [0.05, 0.1) is 35.0 Å². The first-order valence-corrected chi connectivity index (χ1v) is 12.5. The molecule has 0 aromatic carbocycles. The van der Waals surface area contributed by atoms with E-state index in [4.69, 9.17) is 20.4 Å². The lowest BCUT2D eigenvalue weighted by molar-refractivity contribution is 0.0180. The maximum Gasteiger partial charge on any atom is 0.274 e. The highest BCUT2D eigenvalue weighted by Gasteiger charge is 2.29. The van der Waals surface area contributed by atoms with Crippen molar-refractivity contribution in [1.82, 2.24) is 29.4 Å². The van der Waals surface area contributed by atoms with E-state index in [1.165, 1.54) is 25.1 Å². The molecule has 2 fully saturated rings. The number of anilines is 1. The van der Waals surface area contributed by atoms with Crippen LogP contribution in [0.1, 0.15) is 50.0 Å². The molecule has 2 N–H and O–H groups in total. The van der Waals surface area contributed by atoms with Gasteiger partial charge in [-0.15, -0.1) is 0 Å². The van der Waals surface area contributed by atoms with Crippen molar-refractivity contribution in [1.29, 1.82) is 0 Å². The summed E-state index contributed by atoms with van der Waals surface area (Å²) >= 11 is 0. The molecule has 0 spiro atoms. The Morgan fingerprint density at radius 3 is 2.58 bits per heavy atom. The highest BCUT2D eigenvalue weighted by molar-refractivity contribution is 6.00. The highest BCUT2D eigenvalue weighted by Crippen LogP contribution is 2.35. The number of rotatable bonds is 5. The van der Waals surface area contributed by atoms with E-state index in [1.807, 2.05) is 12.3 Å². The lowest BCUT2D eigenvalue weighted by Crippen LogP contribution is -2.25. The summed E-state index contributed by atoms with van der Waals surface area (Å²) < 4.78 is 36.2. The van der Waals surface area contributed by atoms with E-state index < -0.39 is 5.92 Å². The monoisotopic (exact) mass is 493 g/mol. The predicted octanol–water partition coefficient (Wildman–Crippen LogP) is 4.68. The summed E-state index contributed by atoms with van der Waals surface area (Å²) in [6, 6.07) is 5.28. The Hall–Kier alpha value is -3.24. The average Bonchev–Trinajstić information content (AvgIpc) is 3.51. The van der Waals surface area contributed by atoms with Gasteiger partial charge in [-0.25, -0.2) is 23.7 Å². The van der Waals surface area contributed by atoms with E-state index >= 15 is 0 Å². The van der Waals surface area contributed by atoms with Crippen LogP contribution in [-0.2, 0) is 17.2 Å². The summed E-state index contributed by atoms with van der Waals surface area (Å²) in [5.74, 6) is -2.27. The van der Waals surface area contributed by atoms with Gasteiger partial charge >= 0.3 is 0 Å². The molecule has 2 aliphatic heterocycles. The van der Waals surface area contributed by atoms with Gasteiger partial charge in [-0.3, -0.25) is 9.88 Å². The maximum atomic E-state index is 14.1. The number of fused-ring (bicyclic) bond motifs is 3. The molecular formula is C26H29F2N7O. The van der Waals surface area contributed by atoms with Crippen molar-refractivity contribution in [3.63, 3.8) is 0 Å². The number of pyridine rings is 3. The molecule has 36 heavy (non-hydrogen) atoms. The number of likely N-dealkylation sites (tertiary alicyclic amines) is 1. The number of halogens is 2. The predicted molar refractivity (Wildman–Crippen MR) is 134 cm³/mol. The second kappa shape index (κ2) is 9.01. The molecule has 188 valence electrons. The van der Waals surface area contributed by atoms with Gasteiger partial charge in [0.15, 0.2) is 0 Å². The van der Waals surface area contributed by atoms with Crippen LogP contribution in [0.25, 0.3) is 33.3 Å². The van der Waals surface area contributed by atoms with Gasteiger partial charge < -0.3 is 15.0 Å². The number of nitrogens with zero attached hydrogens (tertiary/aromatic N) is 6. The Kier molecular flexibility index (Phi) is 5.80. The molecule has 4 aromatic rings. The van der Waals surface area contributed by atoms with Crippen LogP contribution in [0.15, 0.2) is 30.6 Å². The normalized spacial score (nSPS) is 18.0. The molecule has 8 nitrogen and oxygen atoms in total. The molecule has 6 rings (SSSR count). The Morgan fingerprint density at radius 1 is 1.06 bits per heavy atom. The smallest absolute Gasteiger partial charge is 0.274 e. The van der Waals surface area contributed by atoms with Crippen LogP contribution in [-0.4, -0.2) is 55.7 Å². The summed E-state index contributed by atoms with van der Waals surface area (Å²) in [6.07, 6.45) is 7.52. The minimum atomic E-state index is -3.11. The lowest BCUT2D eigenvalue weighted by atomic mass is 10.1. The molecule has 10 heteroatoms. The van der Waals surface area contributed by atoms with Crippen LogP contribution in [0, 0.1) is 0 Å². The van der Waals surface area contributed by atoms with Gasteiger partial charge in [0.25, 0.3) is 5.92 Å². The molecule has 0 amide bonds. The zero-order valence-electron chi connectivity index (χ0n) is 20.3. The van der Waals surface area contributed by atoms with E-state index in [0.29, 0.717) is 30.0 Å². The molecular weight excluding hydrogens is 464 g/mol. The first-order chi connectivity index (χ1) is 17.4. The quantitative estimate of drug-likeness (QED) is 0.431. The molecule has 0 radical (unpaired) electrons. The van der Waals surface area contributed by atoms with Crippen LogP contribution in [0.3, 0.4) is 0 Å². The number of nitrogens with two attached hydrogens (primary N) is 1. The van der Waals surface area contributed by atoms with Crippen molar-refractivity contribution in [2.24, 2.45) is 0 Å². The number of nitrogen functional groups attached to an aromatic ring is 1. The number of aromatic nitrogens is 5. The number of imidazole rings is 1. The van der Waals surface area contributed by atoms with Crippen molar-refractivity contribution < 1.29 is 13.5 Å². The minimum absolute atomic E-state index is 0.180. The average molecular weight is 494 g/mol. The zero-order valence-corrected chi connectivity index (χ0v) is 20.3. The summed E-state index contributed by atoms with van der Waals surface area (Å²) in [6.45, 7) is 5.17. The fraction of sp³-hybridized carbons (Fsp3) is 0.462. The SMILES string of the molecule is CC(F)(F)c1cc(-c2ccc3ncc4nc(CN5CCCC5)n(C5CCOCC5)c4c3n2)cnc1N. The van der Waals surface area contributed by atoms with E-state index in [0.717, 1.165) is 61.8 Å². The summed E-state index contributed by atoms with van der Waals surface area (Å²) in [5, 5.41) is 0. The van der Waals surface area contributed by atoms with Crippen LogP contribution < -0.4 is 5.73 Å². The van der Waals surface area contributed by atoms with Crippen molar-refractivity contribution in [2.75, 3.05) is 32.0 Å². The second-order valence-electron chi connectivity index (χ2n) is 9.83. The van der Waals surface area contributed by atoms with Gasteiger partial charge in [0.2, 0.25) is 0 Å². The Bertz CT molecular complexity index is 1420. The molecule has 0 unspecified atom stereocenters. The third-order valence-corrected chi connectivity index (χ3v) is 7.24. The molecule has 4 aromatic heterocycles. The van der Waals surface area contributed by atoms with Crippen molar-refractivity contribution in [3.05, 3.63) is 42.0 Å². The highest BCUT2D eigenvalue weighted by atomic mass is 19.3. The summed E-state index contributed by atoms with van der Waals surface area (Å²) in [4.78, 5) is 21.0. The maximum absolute atomic E-state index is 14.1. The third kappa shape index (κ3) is 4.18. The molecule has 2 saturated heterocycles. The van der Waals surface area contributed by atoms with Gasteiger partial charge in [0.1, 0.15) is 22.7 Å². The van der Waals surface area contributed by atoms with Crippen molar-refractivity contribution in [3.8, 4) is 11.3 Å². The fourth-order valence-electron chi connectivity index (χ4n) is 5.40. The summed E-state index contributed by atoms with van der Waals surface area (Å²) in [5.41, 5.74) is 9.63. The third-order valence-electron chi connectivity index (χ3n) is 7.24. The van der Waals surface area contributed by atoms with Crippen molar-refractivity contribution in [2.45, 2.75) is 51.1 Å². The number of alkyl halides is 2. The summed E-state index contributed by atoms with van der Waals surface area (Å²) in [7, 11) is 0. The topological polar surface area (TPSA) is 95.0 Å². The van der Waals surface area contributed by atoms with E-state index in [-0.39, 0.29) is 17.4 Å². The lowest BCUT2D eigenvalue weighted by Gasteiger charge is -2.27.